The highest BCUT2D eigenvalue weighted by Gasteiger charge is 2.24. The fraction of sp³-hybridized carbons (Fsp3) is 0.611. The number of aromatic nitrogens is 4. The van der Waals surface area contributed by atoms with Gasteiger partial charge in [0, 0.05) is 32.7 Å². The van der Waals surface area contributed by atoms with Gasteiger partial charge in [0.05, 0.1) is 12.6 Å². The second-order valence-corrected chi connectivity index (χ2v) is 7.02. The fourth-order valence-electron chi connectivity index (χ4n) is 3.90. The summed E-state index contributed by atoms with van der Waals surface area (Å²) in [5, 5.41) is 12.5. The van der Waals surface area contributed by atoms with Crippen LogP contribution in [-0.4, -0.2) is 56.2 Å². The van der Waals surface area contributed by atoms with Gasteiger partial charge in [-0.15, -0.1) is 17.5 Å². The second-order valence-electron chi connectivity index (χ2n) is 7.02. The van der Waals surface area contributed by atoms with Crippen molar-refractivity contribution < 1.29 is 0 Å². The quantitative estimate of drug-likeness (QED) is 0.818. The normalized spacial score (nSPS) is 19.8. The van der Waals surface area contributed by atoms with Crippen LogP contribution >= 0.6 is 12.4 Å². The minimum absolute atomic E-state index is 0. The van der Waals surface area contributed by atoms with Crippen molar-refractivity contribution in [2.24, 2.45) is 0 Å². The summed E-state index contributed by atoms with van der Waals surface area (Å²) in [6.45, 7) is 6.33. The van der Waals surface area contributed by atoms with Gasteiger partial charge in [0.25, 0.3) is 0 Å². The number of benzene rings is 1. The molecular formula is C18H27ClN6. The number of hydrogen-bond acceptors (Lipinski definition) is 5. The number of hydrogen-bond donors (Lipinski definition) is 0. The van der Waals surface area contributed by atoms with Crippen LogP contribution < -0.4 is 0 Å². The Kier molecular flexibility index (Phi) is 6.39. The third-order valence-corrected chi connectivity index (χ3v) is 5.31. The van der Waals surface area contributed by atoms with Crippen LogP contribution in [0.15, 0.2) is 30.3 Å². The first-order chi connectivity index (χ1) is 11.9. The minimum Gasteiger partial charge on any atom is -0.297 e. The predicted molar refractivity (Wildman–Crippen MR) is 99.6 cm³/mol. The van der Waals surface area contributed by atoms with Gasteiger partial charge in [-0.3, -0.25) is 9.80 Å². The molecule has 1 aromatic heterocycles. The average Bonchev–Trinajstić information content (AvgIpc) is 3.29. The summed E-state index contributed by atoms with van der Waals surface area (Å²) in [4.78, 5) is 5.02. The molecule has 1 aliphatic heterocycles. The molecule has 0 amide bonds. The smallest absolute Gasteiger partial charge is 0.165 e. The van der Waals surface area contributed by atoms with Crippen molar-refractivity contribution >= 4 is 12.4 Å². The van der Waals surface area contributed by atoms with Crippen molar-refractivity contribution in [3.8, 4) is 0 Å². The zero-order valence-electron chi connectivity index (χ0n) is 14.6. The molecule has 7 heteroatoms. The van der Waals surface area contributed by atoms with Gasteiger partial charge in [-0.25, -0.2) is 4.68 Å². The molecule has 0 bridgehead atoms. The first-order valence-electron chi connectivity index (χ1n) is 9.14. The largest absolute Gasteiger partial charge is 0.297 e. The topological polar surface area (TPSA) is 50.1 Å². The van der Waals surface area contributed by atoms with Gasteiger partial charge in [0.1, 0.15) is 0 Å². The number of halogens is 1. The molecule has 1 saturated carbocycles. The zero-order valence-corrected chi connectivity index (χ0v) is 15.4. The summed E-state index contributed by atoms with van der Waals surface area (Å²) in [7, 11) is 0. The number of piperazine rings is 1. The third kappa shape index (κ3) is 4.57. The molecule has 1 aromatic carbocycles. The minimum atomic E-state index is 0. The molecule has 0 radical (unpaired) electrons. The Morgan fingerprint density at radius 2 is 1.52 bits per heavy atom. The molecule has 136 valence electrons. The van der Waals surface area contributed by atoms with Crippen molar-refractivity contribution in [3.63, 3.8) is 0 Å². The van der Waals surface area contributed by atoms with E-state index in [9.17, 15) is 0 Å². The molecule has 1 aliphatic carbocycles. The van der Waals surface area contributed by atoms with E-state index in [4.69, 9.17) is 0 Å². The van der Waals surface area contributed by atoms with E-state index in [-0.39, 0.29) is 12.4 Å². The van der Waals surface area contributed by atoms with Gasteiger partial charge < -0.3 is 0 Å². The van der Waals surface area contributed by atoms with Crippen molar-refractivity contribution in [2.75, 3.05) is 26.2 Å². The maximum absolute atomic E-state index is 4.29. The number of nitrogens with zero attached hydrogens (tertiary/aromatic N) is 6. The monoisotopic (exact) mass is 362 g/mol. The summed E-state index contributed by atoms with van der Waals surface area (Å²) in [5.41, 5.74) is 1.40. The van der Waals surface area contributed by atoms with Crippen LogP contribution in [0.25, 0.3) is 0 Å². The molecule has 4 rings (SSSR count). The maximum atomic E-state index is 4.29. The van der Waals surface area contributed by atoms with Crippen LogP contribution in [0.2, 0.25) is 0 Å². The second kappa shape index (κ2) is 8.74. The SMILES string of the molecule is Cl.c1ccc(CN2CCN(Cc3nnnn3C3CCCC3)CC2)cc1. The zero-order chi connectivity index (χ0) is 16.2. The molecule has 2 fully saturated rings. The lowest BCUT2D eigenvalue weighted by Crippen LogP contribution is -2.45. The Bertz CT molecular complexity index is 632. The van der Waals surface area contributed by atoms with Crippen LogP contribution in [-0.2, 0) is 13.1 Å². The molecule has 2 aliphatic rings. The Hall–Kier alpha value is -1.50. The van der Waals surface area contributed by atoms with E-state index in [0.717, 1.165) is 45.1 Å². The van der Waals surface area contributed by atoms with Gasteiger partial charge in [0.2, 0.25) is 0 Å². The Morgan fingerprint density at radius 1 is 0.880 bits per heavy atom. The molecule has 0 atom stereocenters. The predicted octanol–water partition coefficient (Wildman–Crippen LogP) is 2.53. The average molecular weight is 363 g/mol. The van der Waals surface area contributed by atoms with E-state index in [1.807, 2.05) is 0 Å². The van der Waals surface area contributed by atoms with E-state index in [1.54, 1.807) is 0 Å². The van der Waals surface area contributed by atoms with E-state index in [0.29, 0.717) is 6.04 Å². The molecule has 25 heavy (non-hydrogen) atoms. The lowest BCUT2D eigenvalue weighted by Gasteiger charge is -2.34. The molecule has 0 unspecified atom stereocenters. The summed E-state index contributed by atoms with van der Waals surface area (Å²) in [6, 6.07) is 11.3. The summed E-state index contributed by atoms with van der Waals surface area (Å²) in [6.07, 6.45) is 5.07. The molecule has 2 aromatic rings. The Balaban J connectivity index is 0.00000182. The van der Waals surface area contributed by atoms with Crippen LogP contribution in [0.4, 0.5) is 0 Å². The lowest BCUT2D eigenvalue weighted by molar-refractivity contribution is 0.118. The van der Waals surface area contributed by atoms with Gasteiger partial charge >= 0.3 is 0 Å². The van der Waals surface area contributed by atoms with Crippen LogP contribution in [0.3, 0.4) is 0 Å². The van der Waals surface area contributed by atoms with Gasteiger partial charge in [0.15, 0.2) is 5.82 Å². The van der Waals surface area contributed by atoms with E-state index < -0.39 is 0 Å². The standard InChI is InChI=1S/C18H26N6.ClH/c1-2-6-16(7-3-1)14-22-10-12-23(13-11-22)15-18-19-20-21-24(18)17-8-4-5-9-17;/h1-3,6-7,17H,4-5,8-15H2;1H. The fourth-order valence-corrected chi connectivity index (χ4v) is 3.90. The summed E-state index contributed by atoms with van der Waals surface area (Å²) in [5.74, 6) is 1.04. The Morgan fingerprint density at radius 3 is 2.20 bits per heavy atom. The lowest BCUT2D eigenvalue weighted by atomic mass is 10.2. The van der Waals surface area contributed by atoms with Crippen LogP contribution in [0.1, 0.15) is 43.1 Å². The molecular weight excluding hydrogens is 336 g/mol. The van der Waals surface area contributed by atoms with Crippen molar-refractivity contribution in [1.29, 1.82) is 0 Å². The molecule has 6 nitrogen and oxygen atoms in total. The summed E-state index contributed by atoms with van der Waals surface area (Å²) >= 11 is 0. The molecule has 0 spiro atoms. The van der Waals surface area contributed by atoms with Gasteiger partial charge in [-0.2, -0.15) is 0 Å². The van der Waals surface area contributed by atoms with Crippen molar-refractivity contribution in [1.82, 2.24) is 30.0 Å². The molecule has 2 heterocycles. The first kappa shape index (κ1) is 18.3. The Labute approximate surface area is 155 Å². The van der Waals surface area contributed by atoms with Gasteiger partial charge in [-0.1, -0.05) is 43.2 Å². The van der Waals surface area contributed by atoms with E-state index in [1.165, 1.54) is 31.2 Å². The summed E-state index contributed by atoms with van der Waals surface area (Å²) < 4.78 is 2.09. The van der Waals surface area contributed by atoms with Gasteiger partial charge in [-0.05, 0) is 28.8 Å². The number of rotatable bonds is 5. The number of tetrazole rings is 1. The highest BCUT2D eigenvalue weighted by molar-refractivity contribution is 5.85. The van der Waals surface area contributed by atoms with E-state index >= 15 is 0 Å². The highest BCUT2D eigenvalue weighted by atomic mass is 35.5. The first-order valence-corrected chi connectivity index (χ1v) is 9.14. The van der Waals surface area contributed by atoms with Crippen molar-refractivity contribution in [3.05, 3.63) is 41.7 Å². The molecule has 0 N–H and O–H groups in total. The van der Waals surface area contributed by atoms with Crippen LogP contribution in [0, 0.1) is 0 Å². The van der Waals surface area contributed by atoms with E-state index in [2.05, 4.69) is 60.3 Å². The van der Waals surface area contributed by atoms with Crippen LogP contribution in [0.5, 0.6) is 0 Å². The highest BCUT2D eigenvalue weighted by Crippen LogP contribution is 2.29. The third-order valence-electron chi connectivity index (χ3n) is 5.31. The molecule has 1 saturated heterocycles. The maximum Gasteiger partial charge on any atom is 0.165 e. The van der Waals surface area contributed by atoms with Crippen molar-refractivity contribution in [2.45, 2.75) is 44.8 Å².